The molecule has 2 aromatic rings. The lowest BCUT2D eigenvalue weighted by molar-refractivity contribution is -0.113. The van der Waals surface area contributed by atoms with Crippen molar-refractivity contribution >= 4 is 45.0 Å². The van der Waals surface area contributed by atoms with Gasteiger partial charge in [0.25, 0.3) is 0 Å². The van der Waals surface area contributed by atoms with Crippen LogP contribution in [0.4, 0.5) is 11.4 Å². The number of carbonyl (C=O) groups excluding carboxylic acids is 1. The van der Waals surface area contributed by atoms with Gasteiger partial charge in [0.1, 0.15) is 0 Å². The minimum Gasteiger partial charge on any atom is -0.398 e. The van der Waals surface area contributed by atoms with Gasteiger partial charge in [-0.1, -0.05) is 35.0 Å². The predicted octanol–water partition coefficient (Wildman–Crippen LogP) is 4.32. The van der Waals surface area contributed by atoms with Crippen molar-refractivity contribution in [1.29, 1.82) is 0 Å². The molecule has 0 unspecified atom stereocenters. The lowest BCUT2D eigenvalue weighted by atomic mass is 10.1. The maximum Gasteiger partial charge on any atom is 0.234 e. The number of amides is 1. The van der Waals surface area contributed by atoms with E-state index < -0.39 is 0 Å². The summed E-state index contributed by atoms with van der Waals surface area (Å²) in [7, 11) is 0. The Morgan fingerprint density at radius 3 is 2.81 bits per heavy atom. The monoisotopic (exact) mass is 364 g/mol. The van der Waals surface area contributed by atoms with Gasteiger partial charge in [-0.05, 0) is 42.3 Å². The van der Waals surface area contributed by atoms with Crippen molar-refractivity contribution in [2.75, 3.05) is 16.8 Å². The summed E-state index contributed by atoms with van der Waals surface area (Å²) in [6, 6.07) is 13.6. The number of rotatable bonds is 5. The van der Waals surface area contributed by atoms with Crippen LogP contribution in [0, 0.1) is 0 Å². The number of nitrogens with two attached hydrogens (primary N) is 1. The second kappa shape index (κ2) is 7.52. The van der Waals surface area contributed by atoms with Crippen molar-refractivity contribution in [3.63, 3.8) is 0 Å². The first kappa shape index (κ1) is 15.9. The van der Waals surface area contributed by atoms with Crippen molar-refractivity contribution in [1.82, 2.24) is 0 Å². The number of anilines is 2. The SMILES string of the molecule is CCc1cccc(NC(=O)CSc2ccc(Br)cc2N)c1. The third-order valence-corrected chi connectivity index (χ3v) is 4.53. The van der Waals surface area contributed by atoms with Gasteiger partial charge in [-0.15, -0.1) is 11.8 Å². The third-order valence-electron chi connectivity index (χ3n) is 2.95. The molecule has 0 bridgehead atoms. The summed E-state index contributed by atoms with van der Waals surface area (Å²) in [5.41, 5.74) is 8.63. The first-order valence-corrected chi connectivity index (χ1v) is 8.43. The fourth-order valence-corrected chi connectivity index (χ4v) is 2.99. The molecule has 5 heteroatoms. The van der Waals surface area contributed by atoms with Gasteiger partial charge in [0.2, 0.25) is 5.91 Å². The van der Waals surface area contributed by atoms with Gasteiger partial charge < -0.3 is 11.1 Å². The number of benzene rings is 2. The average Bonchev–Trinajstić information content (AvgIpc) is 2.46. The molecule has 0 aromatic heterocycles. The predicted molar refractivity (Wildman–Crippen MR) is 93.7 cm³/mol. The lowest BCUT2D eigenvalue weighted by Gasteiger charge is -2.08. The van der Waals surface area contributed by atoms with Crippen LogP contribution in [0.15, 0.2) is 51.8 Å². The van der Waals surface area contributed by atoms with E-state index in [1.54, 1.807) is 0 Å². The highest BCUT2D eigenvalue weighted by Gasteiger charge is 2.06. The molecule has 2 aromatic carbocycles. The summed E-state index contributed by atoms with van der Waals surface area (Å²) >= 11 is 4.80. The Kier molecular flexibility index (Phi) is 5.70. The second-order valence-electron chi connectivity index (χ2n) is 4.57. The fraction of sp³-hybridized carbons (Fsp3) is 0.188. The molecule has 0 heterocycles. The van der Waals surface area contributed by atoms with Gasteiger partial charge in [0.15, 0.2) is 0 Å². The number of halogens is 1. The van der Waals surface area contributed by atoms with Gasteiger partial charge in [0.05, 0.1) is 5.75 Å². The van der Waals surface area contributed by atoms with Crippen LogP contribution in [-0.4, -0.2) is 11.7 Å². The quantitative estimate of drug-likeness (QED) is 0.613. The normalized spacial score (nSPS) is 10.4. The van der Waals surface area contributed by atoms with Crippen LogP contribution in [0.2, 0.25) is 0 Å². The van der Waals surface area contributed by atoms with Crippen LogP contribution >= 0.6 is 27.7 Å². The number of aryl methyl sites for hydroxylation is 1. The summed E-state index contributed by atoms with van der Waals surface area (Å²) in [6.45, 7) is 2.09. The first-order valence-electron chi connectivity index (χ1n) is 6.65. The summed E-state index contributed by atoms with van der Waals surface area (Å²) in [5, 5.41) is 2.91. The Hall–Kier alpha value is -1.46. The van der Waals surface area contributed by atoms with E-state index in [9.17, 15) is 4.79 Å². The summed E-state index contributed by atoms with van der Waals surface area (Å²) < 4.78 is 0.935. The van der Waals surface area contributed by atoms with Crippen molar-refractivity contribution < 1.29 is 4.79 Å². The molecular weight excluding hydrogens is 348 g/mol. The molecule has 0 aliphatic carbocycles. The van der Waals surface area contributed by atoms with Gasteiger partial charge >= 0.3 is 0 Å². The van der Waals surface area contributed by atoms with Gasteiger partial charge in [0, 0.05) is 20.7 Å². The van der Waals surface area contributed by atoms with Crippen LogP contribution in [-0.2, 0) is 11.2 Å². The van der Waals surface area contributed by atoms with Crippen LogP contribution in [0.1, 0.15) is 12.5 Å². The van der Waals surface area contributed by atoms with E-state index in [0.717, 1.165) is 21.5 Å². The highest BCUT2D eigenvalue weighted by atomic mass is 79.9. The van der Waals surface area contributed by atoms with Crippen molar-refractivity contribution in [3.05, 3.63) is 52.5 Å². The third kappa shape index (κ3) is 4.79. The molecule has 3 N–H and O–H groups in total. The Labute approximate surface area is 137 Å². The van der Waals surface area contributed by atoms with Gasteiger partial charge in [-0.2, -0.15) is 0 Å². The van der Waals surface area contributed by atoms with Crippen molar-refractivity contribution in [2.45, 2.75) is 18.2 Å². The molecule has 0 atom stereocenters. The molecular formula is C16H17BrN2OS. The number of thioether (sulfide) groups is 1. The molecule has 2 rings (SSSR count). The summed E-state index contributed by atoms with van der Waals surface area (Å²) in [4.78, 5) is 12.9. The molecule has 21 heavy (non-hydrogen) atoms. The van der Waals surface area contributed by atoms with Gasteiger partial charge in [-0.25, -0.2) is 0 Å². The molecule has 0 fully saturated rings. The van der Waals surface area contributed by atoms with Crippen LogP contribution in [0.3, 0.4) is 0 Å². The number of hydrogen-bond acceptors (Lipinski definition) is 3. The van der Waals surface area contributed by atoms with E-state index in [0.29, 0.717) is 11.4 Å². The van der Waals surface area contributed by atoms with E-state index in [2.05, 4.69) is 28.2 Å². The Balaban J connectivity index is 1.92. The van der Waals surface area contributed by atoms with E-state index >= 15 is 0 Å². The van der Waals surface area contributed by atoms with E-state index in [-0.39, 0.29) is 5.91 Å². The number of hydrogen-bond donors (Lipinski definition) is 2. The molecule has 0 aliphatic heterocycles. The average molecular weight is 365 g/mol. The molecule has 0 aliphatic rings. The van der Waals surface area contributed by atoms with Crippen molar-refractivity contribution in [3.8, 4) is 0 Å². The molecule has 110 valence electrons. The Morgan fingerprint density at radius 1 is 1.29 bits per heavy atom. The van der Waals surface area contributed by atoms with Crippen LogP contribution < -0.4 is 11.1 Å². The highest BCUT2D eigenvalue weighted by molar-refractivity contribution is 9.10. The van der Waals surface area contributed by atoms with Crippen molar-refractivity contribution in [2.24, 2.45) is 0 Å². The Bertz CT molecular complexity index is 646. The molecule has 0 saturated carbocycles. The van der Waals surface area contributed by atoms with E-state index in [1.807, 2.05) is 42.5 Å². The molecule has 1 amide bonds. The minimum atomic E-state index is -0.0319. The minimum absolute atomic E-state index is 0.0319. The smallest absolute Gasteiger partial charge is 0.234 e. The topological polar surface area (TPSA) is 55.1 Å². The first-order chi connectivity index (χ1) is 10.1. The standard InChI is InChI=1S/C16H17BrN2OS/c1-2-11-4-3-5-13(8-11)19-16(20)10-21-15-7-6-12(17)9-14(15)18/h3-9H,2,10,18H2,1H3,(H,19,20). The zero-order chi connectivity index (χ0) is 15.2. The number of nitrogen functional groups attached to an aromatic ring is 1. The molecule has 3 nitrogen and oxygen atoms in total. The number of carbonyl (C=O) groups is 1. The maximum atomic E-state index is 12.0. The zero-order valence-electron chi connectivity index (χ0n) is 11.7. The summed E-state index contributed by atoms with van der Waals surface area (Å²) in [5.74, 6) is 0.304. The van der Waals surface area contributed by atoms with Gasteiger partial charge in [-0.3, -0.25) is 4.79 Å². The van der Waals surface area contributed by atoms with Crippen LogP contribution in [0.25, 0.3) is 0 Å². The Morgan fingerprint density at radius 2 is 2.10 bits per heavy atom. The largest absolute Gasteiger partial charge is 0.398 e. The van der Waals surface area contributed by atoms with E-state index in [4.69, 9.17) is 5.73 Å². The maximum absolute atomic E-state index is 12.0. The zero-order valence-corrected chi connectivity index (χ0v) is 14.1. The summed E-state index contributed by atoms with van der Waals surface area (Å²) in [6.07, 6.45) is 0.952. The molecule has 0 radical (unpaired) electrons. The second-order valence-corrected chi connectivity index (χ2v) is 6.51. The van der Waals surface area contributed by atoms with Crippen LogP contribution in [0.5, 0.6) is 0 Å². The molecule has 0 saturated heterocycles. The molecule has 0 spiro atoms. The fourth-order valence-electron chi connectivity index (χ4n) is 1.86. The van der Waals surface area contributed by atoms with E-state index in [1.165, 1.54) is 17.3 Å². The lowest BCUT2D eigenvalue weighted by Crippen LogP contribution is -2.14. The highest BCUT2D eigenvalue weighted by Crippen LogP contribution is 2.27. The number of nitrogens with one attached hydrogen (secondary N) is 1.